The molecule has 162 valence electrons. The van der Waals surface area contributed by atoms with Gasteiger partial charge in [-0.2, -0.15) is 0 Å². The fourth-order valence-corrected chi connectivity index (χ4v) is 4.55. The second-order valence-corrected chi connectivity index (χ2v) is 9.81. The molecule has 0 fully saturated rings. The monoisotopic (exact) mass is 433 g/mol. The summed E-state index contributed by atoms with van der Waals surface area (Å²) in [5.41, 5.74) is 3.30. The Labute approximate surface area is 176 Å². The summed E-state index contributed by atoms with van der Waals surface area (Å²) >= 11 is 0. The number of ether oxygens (including phenoxy) is 1. The third kappa shape index (κ3) is 5.34. The predicted molar refractivity (Wildman–Crippen MR) is 115 cm³/mol. The van der Waals surface area contributed by atoms with Crippen LogP contribution in [0.3, 0.4) is 0 Å². The van der Waals surface area contributed by atoms with E-state index >= 15 is 0 Å². The summed E-state index contributed by atoms with van der Waals surface area (Å²) in [7, 11) is -2.95. The molecule has 0 radical (unpaired) electrons. The van der Waals surface area contributed by atoms with E-state index in [9.17, 15) is 18.1 Å². The smallest absolute Gasteiger partial charge is 0.318 e. The number of nitrogens with one attached hydrogen (secondary N) is 2. The van der Waals surface area contributed by atoms with Crippen LogP contribution in [-0.2, 0) is 16.3 Å². The van der Waals surface area contributed by atoms with Gasteiger partial charge in [-0.3, -0.25) is 4.79 Å². The van der Waals surface area contributed by atoms with Crippen molar-refractivity contribution in [1.29, 1.82) is 0 Å². The lowest BCUT2D eigenvalue weighted by molar-refractivity contribution is 0.0999. The minimum absolute atomic E-state index is 0.0388. The first-order valence-electron chi connectivity index (χ1n) is 10.2. The van der Waals surface area contributed by atoms with Gasteiger partial charge in [-0.25, -0.2) is 8.42 Å². The third-order valence-electron chi connectivity index (χ3n) is 5.45. The van der Waals surface area contributed by atoms with Crippen molar-refractivity contribution in [1.82, 2.24) is 10.3 Å². The number of rotatable bonds is 10. The van der Waals surface area contributed by atoms with Crippen molar-refractivity contribution in [2.45, 2.75) is 32.1 Å². The molecule has 9 heteroatoms. The first kappa shape index (κ1) is 22.2. The van der Waals surface area contributed by atoms with Gasteiger partial charge < -0.3 is 15.0 Å². The number of sulfone groups is 1. The largest absolute Gasteiger partial charge is 0.492 e. The lowest BCUT2D eigenvalue weighted by Crippen LogP contribution is -2.27. The number of aromatic amines is 1. The number of aryl methyl sites for hydroxylation is 1. The normalized spacial score (nSPS) is 16.1. The van der Waals surface area contributed by atoms with Gasteiger partial charge in [-0.05, 0) is 42.5 Å². The maximum absolute atomic E-state index is 11.9. The fraction of sp³-hybridized carbons (Fsp3) is 0.476. The van der Waals surface area contributed by atoms with Crippen molar-refractivity contribution in [3.8, 4) is 5.75 Å². The zero-order chi connectivity index (χ0) is 21.6. The standard InChI is InChI=1S/C21H27N3O5S/c1-2-30(27,28)13-11-22-10-12-29-16-8-6-15(7-9-16)17-4-3-5-19-20(17)18(14-23-19)21(25)24-26/h6-9,14,17,22-23H,2-5,10-13H2,1H3. The van der Waals surface area contributed by atoms with E-state index in [2.05, 4.69) is 15.5 Å². The second kappa shape index (κ2) is 9.99. The van der Waals surface area contributed by atoms with E-state index in [4.69, 9.17) is 4.74 Å². The van der Waals surface area contributed by atoms with Gasteiger partial charge in [0.25, 0.3) is 0 Å². The van der Waals surface area contributed by atoms with Crippen LogP contribution in [-0.4, -0.2) is 50.5 Å². The average molecular weight is 434 g/mol. The number of carbonyl (C=O) groups is 1. The SMILES string of the molecule is CCS(=O)(=O)CCNCCOc1ccc(C2CCCc3[nH]cc(C(=O)N=O)c32)cc1. The number of nitrogens with zero attached hydrogens (tertiary/aromatic N) is 1. The number of nitroso groups, excluding NO2 is 1. The summed E-state index contributed by atoms with van der Waals surface area (Å²) in [6, 6.07) is 7.73. The lowest BCUT2D eigenvalue weighted by Gasteiger charge is -2.24. The predicted octanol–water partition coefficient (Wildman–Crippen LogP) is 2.79. The van der Waals surface area contributed by atoms with Crippen molar-refractivity contribution >= 4 is 15.7 Å². The second-order valence-electron chi connectivity index (χ2n) is 7.34. The zero-order valence-electron chi connectivity index (χ0n) is 17.0. The Hall–Kier alpha value is -2.52. The molecular weight excluding hydrogens is 406 g/mol. The number of H-pyrrole nitrogens is 1. The highest BCUT2D eigenvalue weighted by Gasteiger charge is 2.29. The van der Waals surface area contributed by atoms with E-state index in [0.717, 1.165) is 41.8 Å². The van der Waals surface area contributed by atoms with E-state index in [1.807, 2.05) is 24.3 Å². The number of aromatic nitrogens is 1. The number of hydrogen-bond donors (Lipinski definition) is 2. The van der Waals surface area contributed by atoms with Gasteiger partial charge in [0.05, 0.1) is 11.3 Å². The molecule has 0 spiro atoms. The van der Waals surface area contributed by atoms with Crippen LogP contribution in [0.25, 0.3) is 0 Å². The fourth-order valence-electron chi connectivity index (χ4n) is 3.80. The number of carbonyl (C=O) groups excluding carboxylic acids is 1. The topological polar surface area (TPSA) is 118 Å². The van der Waals surface area contributed by atoms with Crippen molar-refractivity contribution in [2.24, 2.45) is 5.18 Å². The number of benzene rings is 1. The van der Waals surface area contributed by atoms with Gasteiger partial charge in [-0.15, -0.1) is 4.91 Å². The van der Waals surface area contributed by atoms with Gasteiger partial charge in [0.1, 0.15) is 12.4 Å². The van der Waals surface area contributed by atoms with Crippen LogP contribution in [0.1, 0.15) is 52.9 Å². The van der Waals surface area contributed by atoms with Crippen LogP contribution < -0.4 is 10.1 Å². The van der Waals surface area contributed by atoms with E-state index in [0.29, 0.717) is 25.3 Å². The Kier molecular flexibility index (Phi) is 7.38. The van der Waals surface area contributed by atoms with Crippen LogP contribution in [0.15, 0.2) is 35.6 Å². The molecule has 1 unspecified atom stereocenters. The molecule has 1 atom stereocenters. The van der Waals surface area contributed by atoms with Gasteiger partial charge >= 0.3 is 5.91 Å². The van der Waals surface area contributed by atoms with Crippen LogP contribution in [0, 0.1) is 4.91 Å². The maximum atomic E-state index is 11.9. The van der Waals surface area contributed by atoms with Gasteiger partial charge in [0.15, 0.2) is 9.84 Å². The van der Waals surface area contributed by atoms with Crippen molar-refractivity contribution < 1.29 is 17.9 Å². The highest BCUT2D eigenvalue weighted by molar-refractivity contribution is 7.91. The Morgan fingerprint density at radius 3 is 2.73 bits per heavy atom. The summed E-state index contributed by atoms with van der Waals surface area (Å²) in [4.78, 5) is 25.7. The molecule has 2 aromatic rings. The summed E-state index contributed by atoms with van der Waals surface area (Å²) in [5.74, 6) is 0.308. The molecule has 2 N–H and O–H groups in total. The number of amides is 1. The number of fused-ring (bicyclic) bond motifs is 1. The van der Waals surface area contributed by atoms with Crippen molar-refractivity contribution in [3.63, 3.8) is 0 Å². The Balaban J connectivity index is 1.56. The van der Waals surface area contributed by atoms with Gasteiger partial charge in [0, 0.05) is 41.8 Å². The number of hydrogen-bond acceptors (Lipinski definition) is 6. The quantitative estimate of drug-likeness (QED) is 0.439. The maximum Gasteiger partial charge on any atom is 0.318 e. The molecular formula is C21H27N3O5S. The molecule has 0 bridgehead atoms. The summed E-state index contributed by atoms with van der Waals surface area (Å²) < 4.78 is 28.6. The van der Waals surface area contributed by atoms with Crippen molar-refractivity contribution in [2.75, 3.05) is 31.2 Å². The van der Waals surface area contributed by atoms with Crippen LogP contribution >= 0.6 is 0 Å². The molecule has 0 aliphatic heterocycles. The van der Waals surface area contributed by atoms with E-state index in [1.165, 1.54) is 0 Å². The minimum atomic E-state index is -2.95. The Bertz CT molecular complexity index is 983. The highest BCUT2D eigenvalue weighted by atomic mass is 32.2. The molecule has 8 nitrogen and oxygen atoms in total. The van der Waals surface area contributed by atoms with Crippen LogP contribution in [0.5, 0.6) is 5.75 Å². The molecule has 1 aromatic carbocycles. The van der Waals surface area contributed by atoms with Crippen LogP contribution in [0.4, 0.5) is 0 Å². The van der Waals surface area contributed by atoms with Gasteiger partial charge in [0.2, 0.25) is 0 Å². The lowest BCUT2D eigenvalue weighted by atomic mass is 9.80. The molecule has 1 aliphatic carbocycles. The third-order valence-corrected chi connectivity index (χ3v) is 7.15. The van der Waals surface area contributed by atoms with Crippen LogP contribution in [0.2, 0.25) is 0 Å². The van der Waals surface area contributed by atoms with E-state index < -0.39 is 15.7 Å². The van der Waals surface area contributed by atoms with Gasteiger partial charge in [-0.1, -0.05) is 19.1 Å². The highest BCUT2D eigenvalue weighted by Crippen LogP contribution is 2.39. The average Bonchev–Trinajstić information content (AvgIpc) is 3.20. The molecule has 3 rings (SSSR count). The summed E-state index contributed by atoms with van der Waals surface area (Å²) in [6.07, 6.45) is 4.33. The Morgan fingerprint density at radius 1 is 1.27 bits per heavy atom. The molecule has 1 heterocycles. The molecule has 0 saturated heterocycles. The summed E-state index contributed by atoms with van der Waals surface area (Å²) in [5, 5.41) is 5.65. The molecule has 0 saturated carbocycles. The zero-order valence-corrected chi connectivity index (χ0v) is 17.8. The molecule has 1 aromatic heterocycles. The molecule has 1 amide bonds. The first-order chi connectivity index (χ1) is 14.4. The first-order valence-corrected chi connectivity index (χ1v) is 12.0. The van der Waals surface area contributed by atoms with E-state index in [-0.39, 0.29) is 17.4 Å². The summed E-state index contributed by atoms with van der Waals surface area (Å²) in [6.45, 7) is 3.04. The molecule has 1 aliphatic rings. The Morgan fingerprint density at radius 2 is 2.03 bits per heavy atom. The molecule has 30 heavy (non-hydrogen) atoms. The minimum Gasteiger partial charge on any atom is -0.492 e. The van der Waals surface area contributed by atoms with Crippen molar-refractivity contribution in [3.05, 3.63) is 57.8 Å². The van der Waals surface area contributed by atoms with E-state index in [1.54, 1.807) is 13.1 Å².